The lowest BCUT2D eigenvalue weighted by Gasteiger charge is -2.16. The summed E-state index contributed by atoms with van der Waals surface area (Å²) >= 11 is 0. The fraction of sp³-hybridized carbons (Fsp3) is 0.750. The van der Waals surface area contributed by atoms with Gasteiger partial charge in [0.15, 0.2) is 0 Å². The van der Waals surface area contributed by atoms with Crippen molar-refractivity contribution in [3.8, 4) is 0 Å². The third-order valence-corrected chi connectivity index (χ3v) is 1.88. The topological polar surface area (TPSA) is 46.0 Å². The van der Waals surface area contributed by atoms with Crippen molar-refractivity contribution < 1.29 is 13.2 Å². The lowest BCUT2D eigenvalue weighted by atomic mass is 10.5. The Morgan fingerprint density at radius 3 is 2.38 bits per heavy atom. The van der Waals surface area contributed by atoms with Crippen LogP contribution in [0.2, 0.25) is 0 Å². The molecular weight excluding hydrogens is 223 g/mol. The van der Waals surface area contributed by atoms with E-state index in [4.69, 9.17) is 0 Å². The predicted octanol–water partition coefficient (Wildman–Crippen LogP) is 0.626. The van der Waals surface area contributed by atoms with E-state index in [-0.39, 0.29) is 18.3 Å². The summed E-state index contributed by atoms with van der Waals surface area (Å²) in [5, 5.41) is 10.2. The van der Waals surface area contributed by atoms with Gasteiger partial charge < -0.3 is 10.2 Å². The maximum absolute atomic E-state index is 12.4. The first-order chi connectivity index (χ1) is 7.35. The first-order valence-electron chi connectivity index (χ1n) is 4.66. The summed E-state index contributed by atoms with van der Waals surface area (Å²) in [4.78, 5) is 1.50. The molecule has 92 valence electrons. The summed E-state index contributed by atoms with van der Waals surface area (Å²) < 4.78 is 38.2. The van der Waals surface area contributed by atoms with Crippen LogP contribution in [0, 0.1) is 0 Å². The number of rotatable bonds is 4. The molecular formula is C8H14F3N5. The van der Waals surface area contributed by atoms with Crippen molar-refractivity contribution in [1.29, 1.82) is 0 Å². The second-order valence-corrected chi connectivity index (χ2v) is 3.54. The number of aromatic nitrogens is 3. The fourth-order valence-electron chi connectivity index (χ4n) is 1.29. The number of hydrogen-bond acceptors (Lipinski definition) is 4. The highest BCUT2D eigenvalue weighted by Crippen LogP contribution is 2.21. The molecule has 1 N–H and O–H groups in total. The highest BCUT2D eigenvalue weighted by molar-refractivity contribution is 5.28. The quantitative estimate of drug-likeness (QED) is 0.834. The maximum atomic E-state index is 12.4. The van der Waals surface area contributed by atoms with Crippen molar-refractivity contribution in [3.05, 3.63) is 5.82 Å². The Morgan fingerprint density at radius 2 is 1.94 bits per heavy atom. The molecule has 5 nitrogen and oxygen atoms in total. The molecule has 0 saturated carbocycles. The van der Waals surface area contributed by atoms with Crippen LogP contribution in [0.5, 0.6) is 0 Å². The lowest BCUT2D eigenvalue weighted by Crippen LogP contribution is -2.25. The van der Waals surface area contributed by atoms with Crippen LogP contribution >= 0.6 is 0 Å². The van der Waals surface area contributed by atoms with Crippen LogP contribution in [0.3, 0.4) is 0 Å². The van der Waals surface area contributed by atoms with E-state index in [1.807, 2.05) is 0 Å². The molecule has 0 aliphatic heterocycles. The Kier molecular flexibility index (Phi) is 3.74. The number of anilines is 1. The third-order valence-electron chi connectivity index (χ3n) is 1.88. The second-order valence-electron chi connectivity index (χ2n) is 3.54. The molecule has 1 aromatic heterocycles. The standard InChI is InChI=1S/C8H14F3N5/c1-12-4-6-13-14-7(15(2)3)16(6)5-8(9,10)11/h12H,4-5H2,1-3H3. The van der Waals surface area contributed by atoms with Crippen LogP contribution in [-0.4, -0.2) is 42.1 Å². The average Bonchev–Trinajstić information content (AvgIpc) is 2.47. The number of hydrogen-bond donors (Lipinski definition) is 1. The molecule has 0 fully saturated rings. The Morgan fingerprint density at radius 1 is 1.31 bits per heavy atom. The van der Waals surface area contributed by atoms with Crippen molar-refractivity contribution in [2.45, 2.75) is 19.3 Å². The van der Waals surface area contributed by atoms with E-state index in [2.05, 4.69) is 15.5 Å². The van der Waals surface area contributed by atoms with E-state index >= 15 is 0 Å². The molecule has 8 heteroatoms. The molecule has 1 aromatic rings. The second kappa shape index (κ2) is 4.69. The van der Waals surface area contributed by atoms with Crippen molar-refractivity contribution in [2.75, 3.05) is 26.0 Å². The predicted molar refractivity (Wildman–Crippen MR) is 53.2 cm³/mol. The van der Waals surface area contributed by atoms with Crippen LogP contribution in [0.4, 0.5) is 19.1 Å². The minimum Gasteiger partial charge on any atom is -0.347 e. The molecule has 0 saturated heterocycles. The smallest absolute Gasteiger partial charge is 0.347 e. The summed E-state index contributed by atoms with van der Waals surface area (Å²) in [5.74, 6) is 0.464. The van der Waals surface area contributed by atoms with Gasteiger partial charge in [0.25, 0.3) is 0 Å². The van der Waals surface area contributed by atoms with Crippen LogP contribution in [-0.2, 0) is 13.1 Å². The normalized spacial score (nSPS) is 11.9. The molecule has 0 atom stereocenters. The number of nitrogens with one attached hydrogen (secondary N) is 1. The molecule has 0 aliphatic carbocycles. The SMILES string of the molecule is CNCc1nnc(N(C)C)n1CC(F)(F)F. The van der Waals surface area contributed by atoms with Gasteiger partial charge in [0.2, 0.25) is 5.95 Å². The fourth-order valence-corrected chi connectivity index (χ4v) is 1.29. The molecule has 0 amide bonds. The molecule has 0 radical (unpaired) electrons. The monoisotopic (exact) mass is 237 g/mol. The van der Waals surface area contributed by atoms with Gasteiger partial charge in [-0.2, -0.15) is 13.2 Å². The molecule has 1 heterocycles. The van der Waals surface area contributed by atoms with E-state index in [0.717, 1.165) is 4.57 Å². The zero-order valence-electron chi connectivity index (χ0n) is 9.34. The van der Waals surface area contributed by atoms with Crippen molar-refractivity contribution in [3.63, 3.8) is 0 Å². The first kappa shape index (κ1) is 12.8. The highest BCUT2D eigenvalue weighted by Gasteiger charge is 2.31. The number of nitrogens with zero attached hydrogens (tertiary/aromatic N) is 4. The van der Waals surface area contributed by atoms with E-state index in [1.54, 1.807) is 21.1 Å². The Labute approximate surface area is 91.3 Å². The zero-order valence-corrected chi connectivity index (χ0v) is 9.34. The van der Waals surface area contributed by atoms with Gasteiger partial charge in [-0.05, 0) is 7.05 Å². The van der Waals surface area contributed by atoms with E-state index in [1.165, 1.54) is 4.90 Å². The Bertz CT molecular complexity index is 344. The van der Waals surface area contributed by atoms with Gasteiger partial charge in [0, 0.05) is 14.1 Å². The number of halogens is 3. The highest BCUT2D eigenvalue weighted by atomic mass is 19.4. The van der Waals surface area contributed by atoms with E-state index in [9.17, 15) is 13.2 Å². The molecule has 0 unspecified atom stereocenters. The summed E-state index contributed by atoms with van der Waals surface area (Å²) in [6.07, 6.45) is -4.28. The number of alkyl halides is 3. The lowest BCUT2D eigenvalue weighted by molar-refractivity contribution is -0.140. The van der Waals surface area contributed by atoms with Gasteiger partial charge in [0.1, 0.15) is 12.4 Å². The molecule has 0 bridgehead atoms. The molecule has 0 aliphatic rings. The zero-order chi connectivity index (χ0) is 12.3. The average molecular weight is 237 g/mol. The van der Waals surface area contributed by atoms with E-state index in [0.29, 0.717) is 0 Å². The van der Waals surface area contributed by atoms with Crippen molar-refractivity contribution in [1.82, 2.24) is 20.1 Å². The Balaban J connectivity index is 3.04. The van der Waals surface area contributed by atoms with E-state index < -0.39 is 12.7 Å². The largest absolute Gasteiger partial charge is 0.406 e. The van der Waals surface area contributed by atoms with Gasteiger partial charge in [-0.3, -0.25) is 4.57 Å². The van der Waals surface area contributed by atoms with Gasteiger partial charge in [-0.25, -0.2) is 0 Å². The molecule has 0 spiro atoms. The minimum atomic E-state index is -4.28. The van der Waals surface area contributed by atoms with Crippen LogP contribution in [0.15, 0.2) is 0 Å². The van der Waals surface area contributed by atoms with Gasteiger partial charge in [-0.15, -0.1) is 10.2 Å². The molecule has 1 rings (SSSR count). The third kappa shape index (κ3) is 3.09. The van der Waals surface area contributed by atoms with Gasteiger partial charge in [0.05, 0.1) is 6.54 Å². The van der Waals surface area contributed by atoms with Crippen LogP contribution in [0.1, 0.15) is 5.82 Å². The van der Waals surface area contributed by atoms with Gasteiger partial charge in [-0.1, -0.05) is 0 Å². The molecule has 16 heavy (non-hydrogen) atoms. The van der Waals surface area contributed by atoms with Crippen LogP contribution in [0.25, 0.3) is 0 Å². The maximum Gasteiger partial charge on any atom is 0.406 e. The first-order valence-corrected chi connectivity index (χ1v) is 4.66. The van der Waals surface area contributed by atoms with Crippen molar-refractivity contribution >= 4 is 5.95 Å². The summed E-state index contributed by atoms with van der Waals surface area (Å²) in [6.45, 7) is -0.832. The van der Waals surface area contributed by atoms with Gasteiger partial charge >= 0.3 is 6.18 Å². The minimum absolute atomic E-state index is 0.197. The summed E-state index contributed by atoms with van der Waals surface area (Å²) in [7, 11) is 4.89. The summed E-state index contributed by atoms with van der Waals surface area (Å²) in [5.41, 5.74) is 0. The van der Waals surface area contributed by atoms with Crippen molar-refractivity contribution in [2.24, 2.45) is 0 Å². The van der Waals surface area contributed by atoms with Crippen LogP contribution < -0.4 is 10.2 Å². The Hall–Kier alpha value is -1.31. The summed E-state index contributed by atoms with van der Waals surface area (Å²) in [6, 6.07) is 0. The molecule has 0 aromatic carbocycles.